The van der Waals surface area contributed by atoms with Gasteiger partial charge in [-0.2, -0.15) is 11.8 Å². The summed E-state index contributed by atoms with van der Waals surface area (Å²) in [5, 5.41) is 2.85. The van der Waals surface area contributed by atoms with Crippen LogP contribution in [0.4, 0.5) is 0 Å². The molecule has 0 radical (unpaired) electrons. The van der Waals surface area contributed by atoms with Crippen LogP contribution in [0.3, 0.4) is 0 Å². The molecule has 0 saturated heterocycles. The van der Waals surface area contributed by atoms with Crippen LogP contribution in [0.25, 0.3) is 0 Å². The van der Waals surface area contributed by atoms with Gasteiger partial charge in [0.1, 0.15) is 0 Å². The number of carbonyl (C=O) groups is 1. The molecule has 0 unspecified atom stereocenters. The lowest BCUT2D eigenvalue weighted by atomic mass is 10.2. The lowest BCUT2D eigenvalue weighted by Crippen LogP contribution is -2.41. The van der Waals surface area contributed by atoms with Gasteiger partial charge < -0.3 is 15.8 Å². The fraction of sp³-hybridized carbons (Fsp3) is 0.917. The van der Waals surface area contributed by atoms with Crippen molar-refractivity contribution in [2.75, 3.05) is 25.2 Å². The molecule has 0 aliphatic rings. The molecule has 102 valence electrons. The highest BCUT2D eigenvalue weighted by atomic mass is 32.2. The Labute approximate surface area is 109 Å². The van der Waals surface area contributed by atoms with Crippen molar-refractivity contribution in [3.63, 3.8) is 0 Å². The van der Waals surface area contributed by atoms with Gasteiger partial charge in [-0.25, -0.2) is 0 Å². The van der Waals surface area contributed by atoms with Crippen molar-refractivity contribution in [1.82, 2.24) is 5.32 Å². The van der Waals surface area contributed by atoms with Crippen molar-refractivity contribution >= 4 is 17.7 Å². The summed E-state index contributed by atoms with van der Waals surface area (Å²) in [6.07, 6.45) is 4.94. The number of hydrogen-bond donors (Lipinski definition) is 2. The van der Waals surface area contributed by atoms with E-state index < -0.39 is 0 Å². The van der Waals surface area contributed by atoms with Crippen molar-refractivity contribution in [3.8, 4) is 0 Å². The van der Waals surface area contributed by atoms with Crippen molar-refractivity contribution in [3.05, 3.63) is 0 Å². The van der Waals surface area contributed by atoms with E-state index in [0.717, 1.165) is 31.6 Å². The van der Waals surface area contributed by atoms with Gasteiger partial charge in [0.2, 0.25) is 5.91 Å². The molecule has 1 amide bonds. The summed E-state index contributed by atoms with van der Waals surface area (Å²) in [5.41, 5.74) is 5.73. The largest absolute Gasteiger partial charge is 0.379 e. The van der Waals surface area contributed by atoms with E-state index >= 15 is 0 Å². The SMILES string of the molecule is CSCC[C@H](N)C(=O)NCCCCOC(C)C. The van der Waals surface area contributed by atoms with Gasteiger partial charge in [-0.1, -0.05) is 0 Å². The lowest BCUT2D eigenvalue weighted by molar-refractivity contribution is -0.122. The van der Waals surface area contributed by atoms with Crippen molar-refractivity contribution < 1.29 is 9.53 Å². The second kappa shape index (κ2) is 10.9. The number of unbranched alkanes of at least 4 members (excludes halogenated alkanes) is 1. The number of nitrogens with two attached hydrogens (primary N) is 1. The first kappa shape index (κ1) is 16.7. The predicted octanol–water partition coefficient (Wildman–Crippen LogP) is 1.39. The van der Waals surface area contributed by atoms with Crippen LogP contribution in [0.1, 0.15) is 33.1 Å². The maximum Gasteiger partial charge on any atom is 0.236 e. The summed E-state index contributed by atoms with van der Waals surface area (Å²) in [4.78, 5) is 11.5. The molecule has 0 aliphatic heterocycles. The first-order chi connectivity index (χ1) is 8.07. The Bertz CT molecular complexity index is 201. The average Bonchev–Trinajstić information content (AvgIpc) is 2.29. The molecular formula is C12H26N2O2S. The molecule has 0 rings (SSSR count). The first-order valence-electron chi connectivity index (χ1n) is 6.21. The van der Waals surface area contributed by atoms with Crippen LogP contribution in [0, 0.1) is 0 Å². The molecule has 0 saturated carbocycles. The minimum Gasteiger partial charge on any atom is -0.379 e. The Morgan fingerprint density at radius 1 is 1.41 bits per heavy atom. The molecule has 0 spiro atoms. The topological polar surface area (TPSA) is 64.4 Å². The zero-order chi connectivity index (χ0) is 13.1. The maximum atomic E-state index is 11.5. The van der Waals surface area contributed by atoms with E-state index in [9.17, 15) is 4.79 Å². The molecule has 0 bridgehead atoms. The molecule has 0 aromatic heterocycles. The predicted molar refractivity (Wildman–Crippen MR) is 74.3 cm³/mol. The quantitative estimate of drug-likeness (QED) is 0.584. The number of thioether (sulfide) groups is 1. The van der Waals surface area contributed by atoms with E-state index in [1.54, 1.807) is 11.8 Å². The number of carbonyl (C=O) groups excluding carboxylic acids is 1. The molecular weight excluding hydrogens is 236 g/mol. The van der Waals surface area contributed by atoms with E-state index in [0.29, 0.717) is 6.54 Å². The number of rotatable bonds is 10. The molecule has 1 atom stereocenters. The fourth-order valence-electron chi connectivity index (χ4n) is 1.26. The first-order valence-corrected chi connectivity index (χ1v) is 7.61. The van der Waals surface area contributed by atoms with E-state index in [2.05, 4.69) is 5.32 Å². The maximum absolute atomic E-state index is 11.5. The third-order valence-electron chi connectivity index (χ3n) is 2.29. The standard InChI is InChI=1S/C12H26N2O2S/c1-10(2)16-8-5-4-7-14-12(15)11(13)6-9-17-3/h10-11H,4-9,13H2,1-3H3,(H,14,15)/t11-/m0/s1. The Kier molecular flexibility index (Phi) is 10.7. The second-order valence-corrected chi connectivity index (χ2v) is 5.29. The zero-order valence-corrected chi connectivity index (χ0v) is 12.0. The van der Waals surface area contributed by atoms with E-state index in [4.69, 9.17) is 10.5 Å². The number of amides is 1. The molecule has 0 aromatic rings. The normalized spacial score (nSPS) is 12.8. The number of hydrogen-bond acceptors (Lipinski definition) is 4. The number of ether oxygens (including phenoxy) is 1. The van der Waals surface area contributed by atoms with Crippen LogP contribution in [-0.2, 0) is 9.53 Å². The molecule has 3 N–H and O–H groups in total. The Balaban J connectivity index is 3.38. The molecule has 17 heavy (non-hydrogen) atoms. The minimum absolute atomic E-state index is 0.0381. The van der Waals surface area contributed by atoms with Crippen LogP contribution in [0.2, 0.25) is 0 Å². The Hall–Kier alpha value is -0.260. The highest BCUT2D eigenvalue weighted by Crippen LogP contribution is 1.99. The third kappa shape index (κ3) is 10.6. The lowest BCUT2D eigenvalue weighted by Gasteiger charge is -2.11. The number of nitrogens with one attached hydrogen (secondary N) is 1. The van der Waals surface area contributed by atoms with Crippen molar-refractivity contribution in [1.29, 1.82) is 0 Å². The fourth-order valence-corrected chi connectivity index (χ4v) is 1.75. The average molecular weight is 262 g/mol. The van der Waals surface area contributed by atoms with Gasteiger partial charge in [0, 0.05) is 13.2 Å². The highest BCUT2D eigenvalue weighted by Gasteiger charge is 2.11. The summed E-state index contributed by atoms with van der Waals surface area (Å²) in [6, 6.07) is -0.366. The Morgan fingerprint density at radius 2 is 2.12 bits per heavy atom. The summed E-state index contributed by atoms with van der Waals surface area (Å²) < 4.78 is 5.41. The molecule has 4 nitrogen and oxygen atoms in total. The molecule has 5 heteroatoms. The van der Waals surface area contributed by atoms with Crippen LogP contribution in [0.15, 0.2) is 0 Å². The van der Waals surface area contributed by atoms with Crippen LogP contribution < -0.4 is 11.1 Å². The minimum atomic E-state index is -0.366. The summed E-state index contributed by atoms with van der Waals surface area (Å²) >= 11 is 1.71. The molecule has 0 fully saturated rings. The smallest absolute Gasteiger partial charge is 0.236 e. The van der Waals surface area contributed by atoms with Gasteiger partial charge >= 0.3 is 0 Å². The van der Waals surface area contributed by atoms with Gasteiger partial charge in [0.05, 0.1) is 12.1 Å². The van der Waals surface area contributed by atoms with Crippen LogP contribution in [-0.4, -0.2) is 43.2 Å². The monoisotopic (exact) mass is 262 g/mol. The van der Waals surface area contributed by atoms with Gasteiger partial charge in [0.15, 0.2) is 0 Å². The zero-order valence-electron chi connectivity index (χ0n) is 11.2. The summed E-state index contributed by atoms with van der Waals surface area (Å²) in [6.45, 7) is 5.48. The highest BCUT2D eigenvalue weighted by molar-refractivity contribution is 7.98. The molecule has 0 aromatic carbocycles. The van der Waals surface area contributed by atoms with Gasteiger partial charge in [-0.3, -0.25) is 4.79 Å². The second-order valence-electron chi connectivity index (χ2n) is 4.31. The molecule has 0 aliphatic carbocycles. The molecule has 0 heterocycles. The summed E-state index contributed by atoms with van der Waals surface area (Å²) in [7, 11) is 0. The van der Waals surface area contributed by atoms with E-state index in [1.807, 2.05) is 20.1 Å². The van der Waals surface area contributed by atoms with Crippen molar-refractivity contribution in [2.45, 2.75) is 45.3 Å². The van der Waals surface area contributed by atoms with Crippen LogP contribution in [0.5, 0.6) is 0 Å². The van der Waals surface area contributed by atoms with Crippen molar-refractivity contribution in [2.24, 2.45) is 5.73 Å². The summed E-state index contributed by atoms with van der Waals surface area (Å²) in [5.74, 6) is 0.889. The van der Waals surface area contributed by atoms with E-state index in [1.165, 1.54) is 0 Å². The van der Waals surface area contributed by atoms with Crippen LogP contribution >= 0.6 is 11.8 Å². The Morgan fingerprint density at radius 3 is 2.71 bits per heavy atom. The third-order valence-corrected chi connectivity index (χ3v) is 2.94. The van der Waals surface area contributed by atoms with E-state index in [-0.39, 0.29) is 18.1 Å². The van der Waals surface area contributed by atoms with Gasteiger partial charge in [-0.15, -0.1) is 0 Å². The van der Waals surface area contributed by atoms with Gasteiger partial charge in [-0.05, 0) is 45.1 Å². The van der Waals surface area contributed by atoms with Gasteiger partial charge in [0.25, 0.3) is 0 Å².